The van der Waals surface area contributed by atoms with Crippen LogP contribution in [0.2, 0.25) is 0 Å². The van der Waals surface area contributed by atoms with Crippen LogP contribution in [-0.2, 0) is 0 Å². The van der Waals surface area contributed by atoms with Crippen molar-refractivity contribution in [3.05, 3.63) is 59.2 Å². The predicted molar refractivity (Wildman–Crippen MR) is 79.6 cm³/mol. The van der Waals surface area contributed by atoms with Crippen molar-refractivity contribution in [2.75, 3.05) is 5.32 Å². The molecule has 0 radical (unpaired) electrons. The molecule has 0 aliphatic heterocycles. The van der Waals surface area contributed by atoms with E-state index in [1.165, 1.54) is 6.39 Å². The number of hydrogen-bond donors (Lipinski definition) is 1. The molecule has 1 aromatic carbocycles. The number of aromatic nitrogens is 3. The lowest BCUT2D eigenvalue weighted by atomic mass is 10.2. The van der Waals surface area contributed by atoms with Crippen molar-refractivity contribution in [3.63, 3.8) is 0 Å². The van der Waals surface area contributed by atoms with Crippen LogP contribution in [0, 0.1) is 0 Å². The third-order valence-electron chi connectivity index (χ3n) is 2.72. The van der Waals surface area contributed by atoms with E-state index in [0.717, 1.165) is 5.56 Å². The first kappa shape index (κ1) is 13.4. The lowest BCUT2D eigenvalue weighted by Gasteiger charge is -2.06. The molecule has 0 saturated carbocycles. The van der Waals surface area contributed by atoms with Crippen molar-refractivity contribution < 1.29 is 9.21 Å². The topological polar surface area (TPSA) is 80.9 Å². The number of nitrogens with one attached hydrogen (secondary N) is 1. The lowest BCUT2D eigenvalue weighted by molar-refractivity contribution is 0.102. The second-order valence-electron chi connectivity index (χ2n) is 4.11. The molecule has 0 unspecified atom stereocenters. The van der Waals surface area contributed by atoms with Gasteiger partial charge in [-0.25, -0.2) is 4.98 Å². The van der Waals surface area contributed by atoms with Crippen molar-refractivity contribution in [2.45, 2.75) is 0 Å². The predicted octanol–water partition coefficient (Wildman–Crippen LogP) is 3.15. The summed E-state index contributed by atoms with van der Waals surface area (Å²) in [5, 5.41) is 10.2. The number of hydrogen-bond acceptors (Lipinski definition) is 5. The van der Waals surface area contributed by atoms with Gasteiger partial charge in [0.15, 0.2) is 0 Å². The molecule has 3 aromatic rings. The summed E-state index contributed by atoms with van der Waals surface area (Å²) in [6, 6.07) is 10.6. The van der Waals surface area contributed by atoms with Gasteiger partial charge in [-0.05, 0) is 52.3 Å². The summed E-state index contributed by atoms with van der Waals surface area (Å²) in [5.74, 6) is 0.147. The van der Waals surface area contributed by atoms with Crippen LogP contribution in [0.3, 0.4) is 0 Å². The molecule has 104 valence electrons. The average molecular weight is 345 g/mol. The molecular weight excluding hydrogens is 336 g/mol. The number of anilines is 1. The quantitative estimate of drug-likeness (QED) is 0.789. The Labute approximate surface area is 128 Å². The molecule has 6 nitrogen and oxygen atoms in total. The van der Waals surface area contributed by atoms with Gasteiger partial charge in [0, 0.05) is 21.9 Å². The van der Waals surface area contributed by atoms with E-state index in [4.69, 9.17) is 4.42 Å². The average Bonchev–Trinajstić information content (AvgIpc) is 3.02. The maximum Gasteiger partial charge on any atom is 0.275 e. The van der Waals surface area contributed by atoms with Gasteiger partial charge in [0.2, 0.25) is 12.3 Å². The summed E-state index contributed by atoms with van der Waals surface area (Å²) < 4.78 is 5.74. The summed E-state index contributed by atoms with van der Waals surface area (Å²) in [6.07, 6.45) is 2.84. The first-order valence-electron chi connectivity index (χ1n) is 6.02. The molecule has 3 rings (SSSR count). The molecule has 2 aromatic heterocycles. The highest BCUT2D eigenvalue weighted by atomic mass is 79.9. The van der Waals surface area contributed by atoms with E-state index < -0.39 is 0 Å². The van der Waals surface area contributed by atoms with Crippen LogP contribution < -0.4 is 5.32 Å². The van der Waals surface area contributed by atoms with E-state index in [-0.39, 0.29) is 5.91 Å². The number of amides is 1. The van der Waals surface area contributed by atoms with Crippen LogP contribution in [0.5, 0.6) is 0 Å². The highest BCUT2D eigenvalue weighted by Crippen LogP contribution is 2.20. The van der Waals surface area contributed by atoms with E-state index in [2.05, 4.69) is 36.4 Å². The zero-order chi connectivity index (χ0) is 14.7. The maximum absolute atomic E-state index is 12.1. The first-order valence-corrected chi connectivity index (χ1v) is 6.82. The van der Waals surface area contributed by atoms with Crippen LogP contribution in [-0.4, -0.2) is 21.1 Å². The van der Waals surface area contributed by atoms with Gasteiger partial charge >= 0.3 is 0 Å². The second-order valence-corrected chi connectivity index (χ2v) is 4.96. The van der Waals surface area contributed by atoms with E-state index in [0.29, 0.717) is 21.7 Å². The minimum Gasteiger partial charge on any atom is -0.423 e. The maximum atomic E-state index is 12.1. The third-order valence-corrected chi connectivity index (χ3v) is 3.36. The van der Waals surface area contributed by atoms with E-state index in [1.54, 1.807) is 42.6 Å². The largest absolute Gasteiger partial charge is 0.423 e. The highest BCUT2D eigenvalue weighted by Gasteiger charge is 2.11. The minimum absolute atomic E-state index is 0.284. The number of carbonyl (C=O) groups is 1. The molecule has 0 spiro atoms. The van der Waals surface area contributed by atoms with Gasteiger partial charge in [0.25, 0.3) is 5.91 Å². The zero-order valence-corrected chi connectivity index (χ0v) is 12.2. The Morgan fingerprint density at radius 3 is 2.67 bits per heavy atom. The SMILES string of the molecule is O=C(Nc1ccc(-c2nnco2)cc1)c1ncccc1Br. The molecule has 0 atom stereocenters. The van der Waals surface area contributed by atoms with Crippen LogP contribution in [0.4, 0.5) is 5.69 Å². The number of benzene rings is 1. The molecule has 0 aliphatic rings. The first-order chi connectivity index (χ1) is 10.2. The van der Waals surface area contributed by atoms with Crippen molar-refractivity contribution in [2.24, 2.45) is 0 Å². The molecule has 2 heterocycles. The molecule has 1 N–H and O–H groups in total. The second kappa shape index (κ2) is 5.84. The zero-order valence-electron chi connectivity index (χ0n) is 10.7. The Balaban J connectivity index is 1.77. The fourth-order valence-corrected chi connectivity index (χ4v) is 2.17. The fraction of sp³-hybridized carbons (Fsp3) is 0. The van der Waals surface area contributed by atoms with Gasteiger partial charge in [-0.3, -0.25) is 4.79 Å². The van der Waals surface area contributed by atoms with E-state index in [1.807, 2.05) is 0 Å². The Bertz CT molecular complexity index is 757. The lowest BCUT2D eigenvalue weighted by Crippen LogP contribution is -2.14. The van der Waals surface area contributed by atoms with Crippen LogP contribution in [0.15, 0.2) is 57.9 Å². The van der Waals surface area contributed by atoms with Gasteiger partial charge in [-0.2, -0.15) is 0 Å². The Morgan fingerprint density at radius 1 is 1.19 bits per heavy atom. The molecule has 0 aliphatic carbocycles. The van der Waals surface area contributed by atoms with Crippen molar-refractivity contribution in [3.8, 4) is 11.5 Å². The fourth-order valence-electron chi connectivity index (χ4n) is 1.74. The van der Waals surface area contributed by atoms with Crippen LogP contribution in [0.25, 0.3) is 11.5 Å². The molecule has 1 amide bonds. The standard InChI is InChI=1S/C14H9BrN4O2/c15-11-2-1-7-16-12(11)13(20)18-10-5-3-9(4-6-10)14-19-17-8-21-14/h1-8H,(H,18,20). The highest BCUT2D eigenvalue weighted by molar-refractivity contribution is 9.10. The monoisotopic (exact) mass is 344 g/mol. The smallest absolute Gasteiger partial charge is 0.275 e. The minimum atomic E-state index is -0.284. The summed E-state index contributed by atoms with van der Waals surface area (Å²) >= 11 is 3.30. The van der Waals surface area contributed by atoms with Gasteiger partial charge in [-0.1, -0.05) is 0 Å². The van der Waals surface area contributed by atoms with Crippen molar-refractivity contribution >= 4 is 27.5 Å². The number of pyridine rings is 1. The molecule has 7 heteroatoms. The molecule has 0 fully saturated rings. The van der Waals surface area contributed by atoms with E-state index >= 15 is 0 Å². The van der Waals surface area contributed by atoms with Crippen molar-refractivity contribution in [1.29, 1.82) is 0 Å². The molecular formula is C14H9BrN4O2. The van der Waals surface area contributed by atoms with Gasteiger partial charge < -0.3 is 9.73 Å². The third kappa shape index (κ3) is 2.97. The van der Waals surface area contributed by atoms with Crippen LogP contribution in [0.1, 0.15) is 10.5 Å². The van der Waals surface area contributed by atoms with Gasteiger partial charge in [0.1, 0.15) is 5.69 Å². The van der Waals surface area contributed by atoms with E-state index in [9.17, 15) is 4.79 Å². The normalized spacial score (nSPS) is 10.3. The summed E-state index contributed by atoms with van der Waals surface area (Å²) in [4.78, 5) is 16.1. The molecule has 0 saturated heterocycles. The summed E-state index contributed by atoms with van der Waals surface area (Å²) in [5.41, 5.74) is 1.77. The Kier molecular flexibility index (Phi) is 3.74. The number of nitrogens with zero attached hydrogens (tertiary/aromatic N) is 3. The number of halogens is 1. The van der Waals surface area contributed by atoms with Gasteiger partial charge in [-0.15, -0.1) is 10.2 Å². The number of rotatable bonds is 3. The number of carbonyl (C=O) groups excluding carboxylic acids is 1. The summed E-state index contributed by atoms with van der Waals surface area (Å²) in [7, 11) is 0. The van der Waals surface area contributed by atoms with Crippen molar-refractivity contribution in [1.82, 2.24) is 15.2 Å². The van der Waals surface area contributed by atoms with Gasteiger partial charge in [0.05, 0.1) is 0 Å². The Hall–Kier alpha value is -2.54. The Morgan fingerprint density at radius 2 is 2.00 bits per heavy atom. The van der Waals surface area contributed by atoms with Crippen LogP contribution >= 0.6 is 15.9 Å². The molecule has 0 bridgehead atoms. The summed E-state index contributed by atoms with van der Waals surface area (Å²) in [6.45, 7) is 0. The molecule has 21 heavy (non-hydrogen) atoms.